The van der Waals surface area contributed by atoms with E-state index in [0.717, 1.165) is 43.8 Å². The molecule has 216 valence electrons. The van der Waals surface area contributed by atoms with Crippen molar-refractivity contribution in [3.05, 3.63) is 60.2 Å². The van der Waals surface area contributed by atoms with Crippen molar-refractivity contribution in [2.75, 3.05) is 38.2 Å². The number of anilines is 1. The van der Waals surface area contributed by atoms with E-state index in [2.05, 4.69) is 30.1 Å². The topological polar surface area (TPSA) is 82.1 Å². The highest BCUT2D eigenvalue weighted by Gasteiger charge is 2.61. The van der Waals surface area contributed by atoms with E-state index in [0.29, 0.717) is 37.9 Å². The molecular weight excluding hydrogens is 502 g/mol. The van der Waals surface area contributed by atoms with Crippen molar-refractivity contribution in [2.24, 2.45) is 16.7 Å². The van der Waals surface area contributed by atoms with Gasteiger partial charge >= 0.3 is 0 Å². The fourth-order valence-corrected chi connectivity index (χ4v) is 7.85. The van der Waals surface area contributed by atoms with Crippen molar-refractivity contribution in [3.8, 4) is 5.75 Å². The standard InChI is InChI=1S/C33H45N3O4/c1-31(2)23-28(34-30(38)24-10-6-5-7-11-24)33(17-16-32(3,39)22-27(31)33)15-14-29(37)36-20-18-35(19-21-36)25-12-8-9-13-26(25)40-4/h5-13,27-28,39H,14-23H2,1-4H3,(H,34,38)/t27-,28-,32-,33-/m0/s1. The number of fused-ring (bicyclic) bond motifs is 1. The molecule has 3 aliphatic rings. The highest BCUT2D eigenvalue weighted by molar-refractivity contribution is 5.94. The van der Waals surface area contributed by atoms with Crippen LogP contribution < -0.4 is 15.0 Å². The minimum absolute atomic E-state index is 0.0356. The van der Waals surface area contributed by atoms with Gasteiger partial charge in [-0.2, -0.15) is 0 Å². The van der Waals surface area contributed by atoms with Crippen LogP contribution in [0.5, 0.6) is 5.75 Å². The highest BCUT2D eigenvalue weighted by atomic mass is 16.5. The van der Waals surface area contributed by atoms with E-state index in [1.54, 1.807) is 7.11 Å². The van der Waals surface area contributed by atoms with Gasteiger partial charge in [-0.15, -0.1) is 0 Å². The van der Waals surface area contributed by atoms with Crippen LogP contribution in [0.25, 0.3) is 0 Å². The first-order valence-electron chi connectivity index (χ1n) is 14.8. The Bertz CT molecular complexity index is 1210. The minimum atomic E-state index is -0.720. The molecule has 0 radical (unpaired) electrons. The molecule has 5 rings (SSSR count). The zero-order valence-corrected chi connectivity index (χ0v) is 24.5. The van der Waals surface area contributed by atoms with Crippen LogP contribution in [-0.2, 0) is 4.79 Å². The summed E-state index contributed by atoms with van der Waals surface area (Å²) in [4.78, 5) is 31.1. The summed E-state index contributed by atoms with van der Waals surface area (Å²) in [6.45, 7) is 9.37. The Morgan fingerprint density at radius 2 is 1.62 bits per heavy atom. The zero-order valence-electron chi connectivity index (χ0n) is 24.5. The Balaban J connectivity index is 1.29. The fraction of sp³-hybridized carbons (Fsp3) is 0.576. The Labute approximate surface area is 238 Å². The van der Waals surface area contributed by atoms with Gasteiger partial charge in [-0.25, -0.2) is 0 Å². The number of nitrogens with zero attached hydrogens (tertiary/aromatic N) is 2. The highest BCUT2D eigenvalue weighted by Crippen LogP contribution is 2.64. The molecule has 7 heteroatoms. The molecule has 0 bridgehead atoms. The summed E-state index contributed by atoms with van der Waals surface area (Å²) < 4.78 is 5.55. The Morgan fingerprint density at radius 3 is 2.33 bits per heavy atom. The normalized spacial score (nSPS) is 29.5. The second kappa shape index (κ2) is 11.1. The number of rotatable bonds is 7. The number of nitrogens with one attached hydrogen (secondary N) is 1. The SMILES string of the molecule is COc1ccccc1N1CCN(C(=O)CC[C@]23CC[C@](C)(O)C[C@H]2C(C)(C)C[C@@H]3NC(=O)c2ccccc2)CC1. The zero-order chi connectivity index (χ0) is 28.5. The lowest BCUT2D eigenvalue weighted by Gasteiger charge is -2.51. The predicted octanol–water partition coefficient (Wildman–Crippen LogP) is 4.89. The molecule has 0 spiro atoms. The smallest absolute Gasteiger partial charge is 0.251 e. The van der Waals surface area contributed by atoms with E-state index in [4.69, 9.17) is 4.74 Å². The molecule has 7 nitrogen and oxygen atoms in total. The molecule has 3 fully saturated rings. The van der Waals surface area contributed by atoms with Gasteiger partial charge in [0, 0.05) is 44.2 Å². The molecule has 1 saturated heterocycles. The number of benzene rings is 2. The Hall–Kier alpha value is -3.06. The summed E-state index contributed by atoms with van der Waals surface area (Å²) >= 11 is 0. The van der Waals surface area contributed by atoms with Gasteiger partial charge in [-0.3, -0.25) is 9.59 Å². The van der Waals surface area contributed by atoms with Gasteiger partial charge in [0.25, 0.3) is 5.91 Å². The summed E-state index contributed by atoms with van der Waals surface area (Å²) in [5.41, 5.74) is 0.736. The third kappa shape index (κ3) is 5.58. The molecular formula is C33H45N3O4. The third-order valence-corrected chi connectivity index (χ3v) is 10.0. The number of methoxy groups -OCH3 is 1. The number of hydrogen-bond acceptors (Lipinski definition) is 5. The lowest BCUT2D eigenvalue weighted by Crippen LogP contribution is -2.53. The fourth-order valence-electron chi connectivity index (χ4n) is 7.85. The molecule has 2 amide bonds. The maximum absolute atomic E-state index is 13.6. The van der Waals surface area contributed by atoms with Crippen LogP contribution in [0.15, 0.2) is 54.6 Å². The molecule has 2 N–H and O–H groups in total. The van der Waals surface area contributed by atoms with Crippen LogP contribution in [-0.4, -0.2) is 66.8 Å². The van der Waals surface area contributed by atoms with E-state index < -0.39 is 5.60 Å². The molecule has 40 heavy (non-hydrogen) atoms. The number of para-hydroxylation sites is 2. The Morgan fingerprint density at radius 1 is 0.950 bits per heavy atom. The van der Waals surface area contributed by atoms with Crippen molar-refractivity contribution in [1.82, 2.24) is 10.2 Å². The number of piperazine rings is 1. The maximum atomic E-state index is 13.6. The van der Waals surface area contributed by atoms with Crippen LogP contribution >= 0.6 is 0 Å². The summed E-state index contributed by atoms with van der Waals surface area (Å²) in [5, 5.41) is 14.5. The second-order valence-electron chi connectivity index (χ2n) is 13.1. The van der Waals surface area contributed by atoms with E-state index in [9.17, 15) is 14.7 Å². The van der Waals surface area contributed by atoms with Gasteiger partial charge in [0.2, 0.25) is 5.91 Å². The molecule has 2 aromatic rings. The maximum Gasteiger partial charge on any atom is 0.251 e. The summed E-state index contributed by atoms with van der Waals surface area (Å²) in [6.07, 6.45) is 4.22. The van der Waals surface area contributed by atoms with Crippen LogP contribution in [0.2, 0.25) is 0 Å². The minimum Gasteiger partial charge on any atom is -0.495 e. The number of ether oxygens (including phenoxy) is 1. The predicted molar refractivity (Wildman–Crippen MR) is 158 cm³/mol. The monoisotopic (exact) mass is 547 g/mol. The Kier molecular flexibility index (Phi) is 7.88. The molecule has 1 heterocycles. The van der Waals surface area contributed by atoms with Crippen molar-refractivity contribution >= 4 is 17.5 Å². The molecule has 0 aromatic heterocycles. The van der Waals surface area contributed by atoms with Crippen LogP contribution in [0.1, 0.15) is 69.7 Å². The quantitative estimate of drug-likeness (QED) is 0.516. The van der Waals surface area contributed by atoms with Gasteiger partial charge in [0.1, 0.15) is 5.75 Å². The number of carbonyl (C=O) groups is 2. The number of carbonyl (C=O) groups excluding carboxylic acids is 2. The number of hydrogen-bond donors (Lipinski definition) is 2. The average Bonchev–Trinajstić information content (AvgIpc) is 3.17. The first-order chi connectivity index (χ1) is 19.0. The van der Waals surface area contributed by atoms with Crippen LogP contribution in [0.3, 0.4) is 0 Å². The van der Waals surface area contributed by atoms with Crippen molar-refractivity contribution < 1.29 is 19.4 Å². The second-order valence-corrected chi connectivity index (χ2v) is 13.1. The van der Waals surface area contributed by atoms with E-state index in [-0.39, 0.29) is 34.6 Å². The lowest BCUT2D eigenvalue weighted by molar-refractivity contribution is -0.133. The molecule has 0 unspecified atom stereocenters. The van der Waals surface area contributed by atoms with Gasteiger partial charge in [0.15, 0.2) is 0 Å². The summed E-state index contributed by atoms with van der Waals surface area (Å²) in [5.74, 6) is 1.20. The average molecular weight is 548 g/mol. The van der Waals surface area contributed by atoms with E-state index >= 15 is 0 Å². The van der Waals surface area contributed by atoms with E-state index in [1.165, 1.54) is 0 Å². The summed E-state index contributed by atoms with van der Waals surface area (Å²) in [6, 6.07) is 17.4. The third-order valence-electron chi connectivity index (χ3n) is 10.0. The number of aliphatic hydroxyl groups is 1. The first kappa shape index (κ1) is 28.5. The van der Waals surface area contributed by atoms with E-state index in [1.807, 2.05) is 60.4 Å². The molecule has 4 atom stereocenters. The van der Waals surface area contributed by atoms with Crippen molar-refractivity contribution in [2.45, 2.75) is 70.9 Å². The van der Waals surface area contributed by atoms with Crippen LogP contribution in [0, 0.1) is 16.7 Å². The van der Waals surface area contributed by atoms with Gasteiger partial charge in [-0.1, -0.05) is 44.2 Å². The van der Waals surface area contributed by atoms with Gasteiger partial charge in [-0.05, 0) is 80.0 Å². The lowest BCUT2D eigenvalue weighted by atomic mass is 9.57. The van der Waals surface area contributed by atoms with Gasteiger partial charge < -0.3 is 25.0 Å². The molecule has 1 aliphatic heterocycles. The summed E-state index contributed by atoms with van der Waals surface area (Å²) in [7, 11) is 1.69. The molecule has 2 aromatic carbocycles. The largest absolute Gasteiger partial charge is 0.495 e. The van der Waals surface area contributed by atoms with Crippen LogP contribution in [0.4, 0.5) is 5.69 Å². The number of amides is 2. The molecule has 2 saturated carbocycles. The van der Waals surface area contributed by atoms with Gasteiger partial charge in [0.05, 0.1) is 18.4 Å². The molecule has 2 aliphatic carbocycles. The van der Waals surface area contributed by atoms with Crippen molar-refractivity contribution in [1.29, 1.82) is 0 Å². The first-order valence-corrected chi connectivity index (χ1v) is 14.8. The van der Waals surface area contributed by atoms with Crippen molar-refractivity contribution in [3.63, 3.8) is 0 Å².